The van der Waals surface area contributed by atoms with Crippen molar-refractivity contribution < 1.29 is 5.11 Å². The van der Waals surface area contributed by atoms with E-state index in [4.69, 9.17) is 0 Å². The van der Waals surface area contributed by atoms with Crippen molar-refractivity contribution in [2.75, 3.05) is 6.54 Å². The van der Waals surface area contributed by atoms with Crippen molar-refractivity contribution >= 4 is 5.69 Å². The first-order chi connectivity index (χ1) is 8.72. The van der Waals surface area contributed by atoms with Crippen molar-refractivity contribution in [2.45, 2.75) is 46.2 Å². The zero-order chi connectivity index (χ0) is 13.5. The zero-order valence-corrected chi connectivity index (χ0v) is 11.4. The van der Waals surface area contributed by atoms with Crippen LogP contribution in [0.15, 0.2) is 23.4 Å². The van der Waals surface area contributed by atoms with E-state index in [-0.39, 0.29) is 5.75 Å². The van der Waals surface area contributed by atoms with Gasteiger partial charge in [0.1, 0.15) is 11.4 Å². The fraction of sp³-hybridized carbons (Fsp3) is 0.571. The van der Waals surface area contributed by atoms with E-state index >= 15 is 0 Å². The molecule has 0 aromatic heterocycles. The van der Waals surface area contributed by atoms with Crippen LogP contribution in [-0.2, 0) is 6.54 Å². The van der Waals surface area contributed by atoms with Gasteiger partial charge in [0.2, 0.25) is 0 Å². The van der Waals surface area contributed by atoms with Gasteiger partial charge < -0.3 is 5.11 Å². The molecule has 0 spiro atoms. The molecule has 0 saturated carbocycles. The van der Waals surface area contributed by atoms with Crippen LogP contribution < -0.4 is 0 Å². The SMILES string of the molecule is CC.CC1CCCN1Cc1c(O)cccc1N=O. The van der Waals surface area contributed by atoms with Gasteiger partial charge in [0.05, 0.1) is 0 Å². The van der Waals surface area contributed by atoms with Crippen LogP contribution in [0.2, 0.25) is 0 Å². The lowest BCUT2D eigenvalue weighted by atomic mass is 10.1. The minimum Gasteiger partial charge on any atom is -0.508 e. The Bertz CT molecular complexity index is 393. The Hall–Kier alpha value is -1.42. The van der Waals surface area contributed by atoms with Gasteiger partial charge in [-0.05, 0) is 43.6 Å². The molecule has 1 aliphatic heterocycles. The van der Waals surface area contributed by atoms with Crippen LogP contribution in [0.25, 0.3) is 0 Å². The first-order valence-electron chi connectivity index (χ1n) is 6.60. The van der Waals surface area contributed by atoms with Crippen LogP contribution in [-0.4, -0.2) is 22.6 Å². The van der Waals surface area contributed by atoms with Gasteiger partial charge in [-0.25, -0.2) is 0 Å². The smallest absolute Gasteiger partial charge is 0.122 e. The van der Waals surface area contributed by atoms with Crippen molar-refractivity contribution in [1.82, 2.24) is 4.90 Å². The van der Waals surface area contributed by atoms with E-state index in [9.17, 15) is 10.0 Å². The molecule has 4 nitrogen and oxygen atoms in total. The number of phenolic OH excluding ortho intramolecular Hbond substituents is 1. The molecule has 1 atom stereocenters. The maximum Gasteiger partial charge on any atom is 0.122 e. The summed E-state index contributed by atoms with van der Waals surface area (Å²) in [5.41, 5.74) is 0.991. The van der Waals surface area contributed by atoms with Gasteiger partial charge in [-0.2, -0.15) is 0 Å². The predicted octanol–water partition coefficient (Wildman–Crippen LogP) is 3.80. The molecule has 18 heavy (non-hydrogen) atoms. The molecule has 1 aliphatic rings. The lowest BCUT2D eigenvalue weighted by Crippen LogP contribution is -2.26. The van der Waals surface area contributed by atoms with Crippen LogP contribution in [0.4, 0.5) is 5.69 Å². The summed E-state index contributed by atoms with van der Waals surface area (Å²) >= 11 is 0. The standard InChI is InChI=1S/C12H16N2O2.C2H6/c1-9-4-3-7-14(9)8-10-11(13-16)5-2-6-12(10)15;1-2/h2,5-6,9,15H,3-4,7-8H2,1H3;1-2H3. The lowest BCUT2D eigenvalue weighted by Gasteiger charge is -2.21. The Kier molecular flexibility index (Phi) is 5.78. The largest absolute Gasteiger partial charge is 0.508 e. The molecule has 4 heteroatoms. The summed E-state index contributed by atoms with van der Waals surface area (Å²) < 4.78 is 0. The highest BCUT2D eigenvalue weighted by atomic mass is 16.3. The van der Waals surface area contributed by atoms with Crippen LogP contribution in [0, 0.1) is 4.91 Å². The zero-order valence-electron chi connectivity index (χ0n) is 11.4. The first kappa shape index (κ1) is 14.6. The molecule has 1 N–H and O–H groups in total. The van der Waals surface area contributed by atoms with Gasteiger partial charge in [0, 0.05) is 18.2 Å². The fourth-order valence-electron chi connectivity index (χ4n) is 2.24. The van der Waals surface area contributed by atoms with Gasteiger partial charge in [0.25, 0.3) is 0 Å². The highest BCUT2D eigenvalue weighted by Gasteiger charge is 2.22. The van der Waals surface area contributed by atoms with Gasteiger partial charge >= 0.3 is 0 Å². The lowest BCUT2D eigenvalue weighted by molar-refractivity contribution is 0.257. The first-order valence-corrected chi connectivity index (χ1v) is 6.60. The number of aromatic hydroxyl groups is 1. The average Bonchev–Trinajstić information content (AvgIpc) is 2.80. The summed E-state index contributed by atoms with van der Waals surface area (Å²) in [5.74, 6) is 0.163. The number of nitrogens with zero attached hydrogens (tertiary/aromatic N) is 2. The summed E-state index contributed by atoms with van der Waals surface area (Å²) in [6.07, 6.45) is 2.36. The number of hydrogen-bond acceptors (Lipinski definition) is 4. The van der Waals surface area contributed by atoms with E-state index < -0.39 is 0 Å². The molecule has 100 valence electrons. The summed E-state index contributed by atoms with van der Waals surface area (Å²) in [6, 6.07) is 5.40. The topological polar surface area (TPSA) is 52.9 Å². The third-order valence-corrected chi connectivity index (χ3v) is 3.28. The Morgan fingerprint density at radius 2 is 2.17 bits per heavy atom. The number of rotatable bonds is 3. The van der Waals surface area contributed by atoms with E-state index in [1.54, 1.807) is 18.2 Å². The summed E-state index contributed by atoms with van der Waals surface area (Å²) in [4.78, 5) is 12.9. The molecule has 1 aromatic rings. The highest BCUT2D eigenvalue weighted by molar-refractivity contribution is 5.52. The normalized spacial score (nSPS) is 19.2. The molecule has 1 unspecified atom stereocenters. The Morgan fingerprint density at radius 1 is 1.44 bits per heavy atom. The Balaban J connectivity index is 0.000000771. The molecule has 0 amide bonds. The summed E-state index contributed by atoms with van der Waals surface area (Å²) in [7, 11) is 0. The van der Waals surface area contributed by atoms with E-state index in [1.165, 1.54) is 12.8 Å². The van der Waals surface area contributed by atoms with Crippen LogP contribution >= 0.6 is 0 Å². The van der Waals surface area contributed by atoms with Crippen LogP contribution in [0.5, 0.6) is 5.75 Å². The van der Waals surface area contributed by atoms with Crippen LogP contribution in [0.3, 0.4) is 0 Å². The van der Waals surface area contributed by atoms with Crippen molar-refractivity contribution in [3.05, 3.63) is 28.7 Å². The minimum atomic E-state index is 0.163. The minimum absolute atomic E-state index is 0.163. The number of hydrogen-bond donors (Lipinski definition) is 1. The van der Waals surface area contributed by atoms with Gasteiger partial charge in [-0.15, -0.1) is 4.91 Å². The number of phenols is 1. The van der Waals surface area contributed by atoms with Crippen LogP contribution in [0.1, 0.15) is 39.2 Å². The second kappa shape index (κ2) is 7.11. The van der Waals surface area contributed by atoms with Gasteiger partial charge in [0.15, 0.2) is 0 Å². The summed E-state index contributed by atoms with van der Waals surface area (Å²) in [5, 5.41) is 12.7. The molecule has 0 aliphatic carbocycles. The molecule has 0 radical (unpaired) electrons. The molecular weight excluding hydrogens is 228 g/mol. The van der Waals surface area contributed by atoms with Crippen molar-refractivity contribution in [3.63, 3.8) is 0 Å². The summed E-state index contributed by atoms with van der Waals surface area (Å²) in [6.45, 7) is 7.80. The number of nitroso groups, excluding NO2 is 1. The molecule has 1 heterocycles. The molecule has 1 fully saturated rings. The molecule has 0 bridgehead atoms. The van der Waals surface area contributed by atoms with Gasteiger partial charge in [-0.1, -0.05) is 19.9 Å². The maximum atomic E-state index is 10.7. The van der Waals surface area contributed by atoms with Crippen molar-refractivity contribution in [3.8, 4) is 5.75 Å². The number of likely N-dealkylation sites (tertiary alicyclic amines) is 1. The van der Waals surface area contributed by atoms with Crippen molar-refractivity contribution in [2.24, 2.45) is 5.18 Å². The van der Waals surface area contributed by atoms with E-state index in [0.717, 1.165) is 6.54 Å². The molecule has 2 rings (SSSR count). The Labute approximate surface area is 109 Å². The quantitative estimate of drug-likeness (QED) is 0.830. The maximum absolute atomic E-state index is 10.7. The second-order valence-electron chi connectivity index (χ2n) is 4.33. The predicted molar refractivity (Wildman–Crippen MR) is 74.0 cm³/mol. The molecule has 1 saturated heterocycles. The van der Waals surface area contributed by atoms with Crippen molar-refractivity contribution in [1.29, 1.82) is 0 Å². The van der Waals surface area contributed by atoms with Gasteiger partial charge in [-0.3, -0.25) is 4.90 Å². The number of benzene rings is 1. The van der Waals surface area contributed by atoms with E-state index in [1.807, 2.05) is 13.8 Å². The molecule has 1 aromatic carbocycles. The molecular formula is C14H22N2O2. The third kappa shape index (κ3) is 3.29. The average molecular weight is 250 g/mol. The Morgan fingerprint density at radius 3 is 2.72 bits per heavy atom. The van der Waals surface area contributed by atoms with E-state index in [0.29, 0.717) is 23.8 Å². The highest BCUT2D eigenvalue weighted by Crippen LogP contribution is 2.31. The monoisotopic (exact) mass is 250 g/mol. The van der Waals surface area contributed by atoms with E-state index in [2.05, 4.69) is 17.0 Å². The third-order valence-electron chi connectivity index (χ3n) is 3.28. The second-order valence-corrected chi connectivity index (χ2v) is 4.33. The fourth-order valence-corrected chi connectivity index (χ4v) is 2.24.